The fourth-order valence-electron chi connectivity index (χ4n) is 1.04. The van der Waals surface area contributed by atoms with Gasteiger partial charge in [-0.15, -0.1) is 0 Å². The molecule has 1 aromatic heterocycles. The van der Waals surface area contributed by atoms with Gasteiger partial charge in [-0.25, -0.2) is 9.59 Å². The summed E-state index contributed by atoms with van der Waals surface area (Å²) in [5.74, 6) is -1.94. The Labute approximate surface area is 102 Å². The van der Waals surface area contributed by atoms with Gasteiger partial charge in [-0.05, 0) is 6.07 Å². The van der Waals surface area contributed by atoms with Crippen LogP contribution >= 0.6 is 0 Å². The van der Waals surface area contributed by atoms with Gasteiger partial charge in [-0.1, -0.05) is 0 Å². The van der Waals surface area contributed by atoms with Crippen LogP contribution in [0.5, 0.6) is 5.75 Å². The van der Waals surface area contributed by atoms with Crippen LogP contribution in [0.4, 0.5) is 4.79 Å². The molecule has 1 rings (SSSR count). The van der Waals surface area contributed by atoms with E-state index in [1.807, 2.05) is 5.32 Å². The van der Waals surface area contributed by atoms with E-state index in [0.29, 0.717) is 0 Å². The number of nitrogens with one attached hydrogen (secondary N) is 2. The van der Waals surface area contributed by atoms with Crippen molar-refractivity contribution >= 4 is 17.9 Å². The first-order valence-electron chi connectivity index (χ1n) is 4.86. The minimum absolute atomic E-state index is 0.0444. The van der Waals surface area contributed by atoms with E-state index in [4.69, 9.17) is 9.84 Å². The minimum atomic E-state index is -1.20. The van der Waals surface area contributed by atoms with Crippen molar-refractivity contribution in [1.29, 1.82) is 0 Å². The molecule has 0 saturated carbocycles. The van der Waals surface area contributed by atoms with Gasteiger partial charge in [-0.2, -0.15) is 0 Å². The van der Waals surface area contributed by atoms with E-state index in [0.717, 1.165) is 0 Å². The van der Waals surface area contributed by atoms with Crippen molar-refractivity contribution in [3.05, 3.63) is 24.0 Å². The third-order valence-corrected chi connectivity index (χ3v) is 1.85. The predicted octanol–water partition coefficient (Wildman–Crippen LogP) is -0.386. The Morgan fingerprint density at radius 3 is 2.78 bits per heavy atom. The molecule has 96 valence electrons. The quantitative estimate of drug-likeness (QED) is 0.672. The molecule has 0 bridgehead atoms. The van der Waals surface area contributed by atoms with Gasteiger partial charge in [0.1, 0.15) is 5.56 Å². The Morgan fingerprint density at radius 1 is 1.44 bits per heavy atom. The minimum Gasteiger partial charge on any atom is -0.481 e. The Morgan fingerprint density at radius 2 is 2.17 bits per heavy atom. The molecule has 0 unspecified atom stereocenters. The number of urea groups is 1. The van der Waals surface area contributed by atoms with Crippen molar-refractivity contribution in [2.45, 2.75) is 0 Å². The summed E-state index contributed by atoms with van der Waals surface area (Å²) >= 11 is 0. The maximum atomic E-state index is 11.2. The molecule has 1 aromatic rings. The number of carboxylic acid groups (broad SMARTS) is 1. The van der Waals surface area contributed by atoms with Crippen molar-refractivity contribution < 1.29 is 24.2 Å². The van der Waals surface area contributed by atoms with Crippen LogP contribution in [0.3, 0.4) is 0 Å². The molecule has 0 atom stereocenters. The van der Waals surface area contributed by atoms with Gasteiger partial charge < -0.3 is 15.2 Å². The zero-order valence-electron chi connectivity index (χ0n) is 9.47. The van der Waals surface area contributed by atoms with Crippen LogP contribution in [-0.2, 0) is 4.79 Å². The topological polar surface area (TPSA) is 118 Å². The number of aromatic nitrogens is 1. The summed E-state index contributed by atoms with van der Waals surface area (Å²) in [7, 11) is 1.35. The van der Waals surface area contributed by atoms with Crippen LogP contribution in [0.2, 0.25) is 0 Å². The lowest BCUT2D eigenvalue weighted by molar-refractivity contribution is -0.122. The number of rotatable bonds is 4. The number of aromatic carboxylic acids is 1. The smallest absolute Gasteiger partial charge is 0.339 e. The van der Waals surface area contributed by atoms with Crippen molar-refractivity contribution in [1.82, 2.24) is 15.6 Å². The van der Waals surface area contributed by atoms with E-state index in [2.05, 4.69) is 10.3 Å². The van der Waals surface area contributed by atoms with Crippen molar-refractivity contribution in [2.75, 3.05) is 13.7 Å². The number of ether oxygens (including phenoxy) is 1. The molecule has 8 heteroatoms. The van der Waals surface area contributed by atoms with Gasteiger partial charge in [0, 0.05) is 13.2 Å². The third-order valence-electron chi connectivity index (χ3n) is 1.85. The normalized spacial score (nSPS) is 9.39. The fraction of sp³-hybridized carbons (Fsp3) is 0.200. The van der Waals surface area contributed by atoms with Crippen LogP contribution < -0.4 is 15.4 Å². The first kappa shape index (κ1) is 13.4. The molecule has 0 aliphatic heterocycles. The molecule has 0 radical (unpaired) electrons. The second-order valence-electron chi connectivity index (χ2n) is 3.09. The number of amides is 3. The van der Waals surface area contributed by atoms with E-state index in [-0.39, 0.29) is 11.3 Å². The molecule has 0 spiro atoms. The Kier molecular flexibility index (Phi) is 4.61. The molecule has 3 amide bonds. The van der Waals surface area contributed by atoms with Gasteiger partial charge in [0.2, 0.25) is 0 Å². The van der Waals surface area contributed by atoms with Crippen molar-refractivity contribution in [3.8, 4) is 5.75 Å². The summed E-state index contributed by atoms with van der Waals surface area (Å²) in [6, 6.07) is 0.571. The highest BCUT2D eigenvalue weighted by Crippen LogP contribution is 2.15. The Hall–Kier alpha value is -2.64. The predicted molar refractivity (Wildman–Crippen MR) is 59.3 cm³/mol. The highest BCUT2D eigenvalue weighted by Gasteiger charge is 2.13. The van der Waals surface area contributed by atoms with Gasteiger partial charge in [0.15, 0.2) is 12.4 Å². The summed E-state index contributed by atoms with van der Waals surface area (Å²) in [5.41, 5.74) is -0.113. The molecule has 0 aliphatic carbocycles. The maximum Gasteiger partial charge on any atom is 0.339 e. The summed E-state index contributed by atoms with van der Waals surface area (Å²) < 4.78 is 4.97. The molecule has 3 N–H and O–H groups in total. The highest BCUT2D eigenvalue weighted by molar-refractivity contribution is 5.95. The number of pyridine rings is 1. The maximum absolute atomic E-state index is 11.2. The van der Waals surface area contributed by atoms with Crippen molar-refractivity contribution in [3.63, 3.8) is 0 Å². The zero-order valence-corrected chi connectivity index (χ0v) is 9.47. The molecule has 0 saturated heterocycles. The first-order valence-corrected chi connectivity index (χ1v) is 4.86. The lowest BCUT2D eigenvalue weighted by Crippen LogP contribution is -2.40. The standard InChI is InChI=1S/C10H11N3O5/c1-11-10(17)13-8(14)5-18-7-4-12-3-2-6(7)9(15)16/h2-4H,5H2,1H3,(H,15,16)(H2,11,13,14,17). The number of imide groups is 1. The largest absolute Gasteiger partial charge is 0.481 e. The van der Waals surface area contributed by atoms with E-state index < -0.39 is 24.5 Å². The number of hydrogen-bond donors (Lipinski definition) is 3. The van der Waals surface area contributed by atoms with Crippen LogP contribution in [0.25, 0.3) is 0 Å². The van der Waals surface area contributed by atoms with Gasteiger partial charge in [-0.3, -0.25) is 15.1 Å². The van der Waals surface area contributed by atoms with Crippen LogP contribution in [0.1, 0.15) is 10.4 Å². The SMILES string of the molecule is CNC(=O)NC(=O)COc1cnccc1C(=O)O. The molecule has 0 aliphatic rings. The number of carbonyl (C=O) groups is 3. The van der Waals surface area contributed by atoms with Gasteiger partial charge in [0.05, 0.1) is 6.20 Å². The first-order chi connectivity index (χ1) is 8.54. The van der Waals surface area contributed by atoms with E-state index >= 15 is 0 Å². The Balaban J connectivity index is 2.61. The van der Waals surface area contributed by atoms with Gasteiger partial charge >= 0.3 is 12.0 Å². The lowest BCUT2D eigenvalue weighted by atomic mass is 10.2. The Bertz CT molecular complexity index is 474. The van der Waals surface area contributed by atoms with E-state index in [1.165, 1.54) is 25.5 Å². The summed E-state index contributed by atoms with van der Waals surface area (Å²) in [6.45, 7) is -0.487. The van der Waals surface area contributed by atoms with Crippen LogP contribution in [0.15, 0.2) is 18.5 Å². The number of hydrogen-bond acceptors (Lipinski definition) is 5. The second-order valence-corrected chi connectivity index (χ2v) is 3.09. The zero-order chi connectivity index (χ0) is 13.5. The molecule has 18 heavy (non-hydrogen) atoms. The van der Waals surface area contributed by atoms with E-state index in [1.54, 1.807) is 0 Å². The van der Waals surface area contributed by atoms with E-state index in [9.17, 15) is 14.4 Å². The number of carbonyl (C=O) groups excluding carboxylic acids is 2. The number of carboxylic acids is 1. The molecular weight excluding hydrogens is 242 g/mol. The fourth-order valence-corrected chi connectivity index (χ4v) is 1.04. The average Bonchev–Trinajstić information content (AvgIpc) is 2.36. The second kappa shape index (κ2) is 6.18. The third kappa shape index (κ3) is 3.74. The lowest BCUT2D eigenvalue weighted by Gasteiger charge is -2.08. The summed E-state index contributed by atoms with van der Waals surface area (Å²) in [5, 5.41) is 13.0. The molecule has 8 nitrogen and oxygen atoms in total. The van der Waals surface area contributed by atoms with Crippen LogP contribution in [0, 0.1) is 0 Å². The molecule has 0 aromatic carbocycles. The molecule has 0 fully saturated rings. The average molecular weight is 253 g/mol. The molecular formula is C10H11N3O5. The number of nitrogens with zero attached hydrogens (tertiary/aromatic N) is 1. The van der Waals surface area contributed by atoms with Crippen molar-refractivity contribution in [2.24, 2.45) is 0 Å². The van der Waals surface area contributed by atoms with Crippen LogP contribution in [-0.4, -0.2) is 41.7 Å². The molecule has 1 heterocycles. The monoisotopic (exact) mass is 253 g/mol. The summed E-state index contributed by atoms with van der Waals surface area (Å²) in [6.07, 6.45) is 2.47. The summed E-state index contributed by atoms with van der Waals surface area (Å²) in [4.78, 5) is 36.5. The highest BCUT2D eigenvalue weighted by atomic mass is 16.5. The van der Waals surface area contributed by atoms with Gasteiger partial charge in [0.25, 0.3) is 5.91 Å².